The van der Waals surface area contributed by atoms with Crippen LogP contribution in [0.3, 0.4) is 0 Å². The van der Waals surface area contributed by atoms with Gasteiger partial charge in [0.15, 0.2) is 5.76 Å². The second kappa shape index (κ2) is 13.0. The lowest BCUT2D eigenvalue weighted by atomic mass is 10.1. The van der Waals surface area contributed by atoms with Crippen LogP contribution in [-0.4, -0.2) is 36.3 Å². The van der Waals surface area contributed by atoms with E-state index in [1.165, 1.54) is 19.5 Å². The highest BCUT2D eigenvalue weighted by molar-refractivity contribution is 6.29. The Kier molecular flexibility index (Phi) is 10.1. The summed E-state index contributed by atoms with van der Waals surface area (Å²) in [6.07, 6.45) is 1.25. The molecule has 2 aromatic heterocycles. The lowest BCUT2D eigenvalue weighted by Crippen LogP contribution is -2.34. The lowest BCUT2D eigenvalue weighted by molar-refractivity contribution is -0.119. The van der Waals surface area contributed by atoms with E-state index in [9.17, 15) is 14.4 Å². The molecule has 0 saturated heterocycles. The molecule has 3 amide bonds. The summed E-state index contributed by atoms with van der Waals surface area (Å²) in [5, 5.41) is 7.92. The molecule has 3 aromatic rings. The molecule has 2 heterocycles. The third-order valence-electron chi connectivity index (χ3n) is 4.13. The highest BCUT2D eigenvalue weighted by Gasteiger charge is 2.14. The number of aromatic nitrogens is 1. The number of nitrogens with zero attached hydrogens (tertiary/aromatic N) is 1. The van der Waals surface area contributed by atoms with Gasteiger partial charge in [-0.05, 0) is 35.9 Å². The maximum absolute atomic E-state index is 12.2. The highest BCUT2D eigenvalue weighted by Crippen LogP contribution is 2.23. The fraction of sp³-hybridized carbons (Fsp3) is 0.250. The first-order chi connectivity index (χ1) is 15.9. The maximum Gasteiger partial charge on any atom is 0.287 e. The topological polar surface area (TPSA) is 113 Å². The van der Waals surface area contributed by atoms with Crippen LogP contribution >= 0.6 is 11.6 Å². The minimum atomic E-state index is -0.484. The number of halogens is 1. The summed E-state index contributed by atoms with van der Waals surface area (Å²) in [7, 11) is 1.49. The summed E-state index contributed by atoms with van der Waals surface area (Å²) in [5.41, 5.74) is 1.81. The number of amides is 3. The van der Waals surface area contributed by atoms with Crippen molar-refractivity contribution in [1.82, 2.24) is 20.9 Å². The molecule has 0 aliphatic carbocycles. The van der Waals surface area contributed by atoms with Gasteiger partial charge in [0, 0.05) is 19.2 Å². The maximum atomic E-state index is 12.2. The van der Waals surface area contributed by atoms with Crippen molar-refractivity contribution in [2.24, 2.45) is 0 Å². The Morgan fingerprint density at radius 2 is 1.70 bits per heavy atom. The molecule has 0 radical (unpaired) electrons. The van der Waals surface area contributed by atoms with Gasteiger partial charge in [-0.15, -0.1) is 0 Å². The predicted octanol–water partition coefficient (Wildman–Crippen LogP) is 3.82. The Balaban J connectivity index is 0.00000122. The molecule has 0 spiro atoms. The summed E-state index contributed by atoms with van der Waals surface area (Å²) >= 11 is 5.81. The number of likely N-dealkylation sites (N-methyl/N-ethyl adjacent to an activating group) is 1. The Morgan fingerprint density at radius 1 is 0.970 bits per heavy atom. The molecular weight excluding hydrogens is 444 g/mol. The summed E-state index contributed by atoms with van der Waals surface area (Å²) in [5.74, 6) is -0.541. The van der Waals surface area contributed by atoms with Crippen molar-refractivity contribution in [3.05, 3.63) is 76.8 Å². The molecule has 9 heteroatoms. The van der Waals surface area contributed by atoms with Crippen LogP contribution < -0.4 is 16.0 Å². The first-order valence-corrected chi connectivity index (χ1v) is 10.8. The third-order valence-corrected chi connectivity index (χ3v) is 4.34. The molecule has 8 nitrogen and oxygen atoms in total. The molecular formula is C24H27ClN4O4. The van der Waals surface area contributed by atoms with Gasteiger partial charge in [0.25, 0.3) is 11.8 Å². The summed E-state index contributed by atoms with van der Waals surface area (Å²) in [4.78, 5) is 39.5. The standard InChI is InChI=1S/C21H19ClN4O4.C3H8/c1-23-19(27)12-25-21(29)17-9-8-16(30-17)14-5-2-4-13(10-14)11-24-20(28)15-6-3-7-18(22)26-15;1-3-2/h2-10H,11-12H2,1H3,(H,23,27)(H,24,28)(H,25,29);3H2,1-2H3. The number of nitrogens with one attached hydrogen (secondary N) is 3. The van der Waals surface area contributed by atoms with E-state index in [0.717, 1.165) is 11.1 Å². The monoisotopic (exact) mass is 470 g/mol. The minimum absolute atomic E-state index is 0.0969. The molecule has 0 aliphatic heterocycles. The van der Waals surface area contributed by atoms with Crippen molar-refractivity contribution in [3.8, 4) is 11.3 Å². The average Bonchev–Trinajstić information content (AvgIpc) is 3.32. The van der Waals surface area contributed by atoms with Crippen molar-refractivity contribution in [2.45, 2.75) is 26.8 Å². The van der Waals surface area contributed by atoms with E-state index in [4.69, 9.17) is 16.0 Å². The number of carbonyl (C=O) groups is 3. The second-order valence-electron chi connectivity index (χ2n) is 6.96. The quantitative estimate of drug-likeness (QED) is 0.454. The van der Waals surface area contributed by atoms with Gasteiger partial charge in [0.2, 0.25) is 5.91 Å². The molecule has 0 aliphatic rings. The van der Waals surface area contributed by atoms with Gasteiger partial charge in [0.05, 0.1) is 6.54 Å². The smallest absolute Gasteiger partial charge is 0.287 e. The number of benzene rings is 1. The van der Waals surface area contributed by atoms with Crippen molar-refractivity contribution in [1.29, 1.82) is 0 Å². The van der Waals surface area contributed by atoms with Crippen molar-refractivity contribution < 1.29 is 18.8 Å². The molecule has 0 fully saturated rings. The number of pyridine rings is 1. The van der Waals surface area contributed by atoms with Gasteiger partial charge in [-0.2, -0.15) is 0 Å². The number of hydrogen-bond acceptors (Lipinski definition) is 5. The lowest BCUT2D eigenvalue weighted by Gasteiger charge is -2.07. The van der Waals surface area contributed by atoms with Gasteiger partial charge in [0.1, 0.15) is 16.6 Å². The fourth-order valence-corrected chi connectivity index (χ4v) is 2.76. The van der Waals surface area contributed by atoms with Crippen molar-refractivity contribution in [3.63, 3.8) is 0 Å². The molecule has 3 rings (SSSR count). The van der Waals surface area contributed by atoms with Crippen molar-refractivity contribution in [2.75, 3.05) is 13.6 Å². The highest BCUT2D eigenvalue weighted by atomic mass is 35.5. The largest absolute Gasteiger partial charge is 0.451 e. The zero-order chi connectivity index (χ0) is 24.2. The molecule has 3 N–H and O–H groups in total. The molecule has 1 aromatic carbocycles. The summed E-state index contributed by atoms with van der Waals surface area (Å²) in [6, 6.07) is 15.4. The van der Waals surface area contributed by atoms with Gasteiger partial charge in [-0.3, -0.25) is 14.4 Å². The van der Waals surface area contributed by atoms with Crippen molar-refractivity contribution >= 4 is 29.3 Å². The Bertz CT molecular complexity index is 1100. The number of furan rings is 1. The van der Waals surface area contributed by atoms with E-state index in [1.54, 1.807) is 24.3 Å². The number of rotatable bonds is 7. The normalized spacial score (nSPS) is 9.94. The van der Waals surface area contributed by atoms with Crippen LogP contribution in [0.5, 0.6) is 0 Å². The van der Waals surface area contributed by atoms with Gasteiger partial charge >= 0.3 is 0 Å². The van der Waals surface area contributed by atoms with E-state index in [-0.39, 0.29) is 41.5 Å². The second-order valence-corrected chi connectivity index (χ2v) is 7.34. The van der Waals surface area contributed by atoms with Crippen LogP contribution in [-0.2, 0) is 11.3 Å². The van der Waals surface area contributed by atoms with E-state index < -0.39 is 5.91 Å². The predicted molar refractivity (Wildman–Crippen MR) is 127 cm³/mol. The fourth-order valence-electron chi connectivity index (χ4n) is 2.59. The van der Waals surface area contributed by atoms with Gasteiger partial charge in [-0.25, -0.2) is 4.98 Å². The molecule has 0 saturated carbocycles. The van der Waals surface area contributed by atoms with Crippen LogP contribution in [0.25, 0.3) is 11.3 Å². The average molecular weight is 471 g/mol. The van der Waals surface area contributed by atoms with Crippen LogP contribution in [0.4, 0.5) is 0 Å². The van der Waals surface area contributed by atoms with Gasteiger partial charge < -0.3 is 20.4 Å². The first-order valence-electron chi connectivity index (χ1n) is 10.5. The molecule has 0 unspecified atom stereocenters. The third kappa shape index (κ3) is 8.08. The Morgan fingerprint density at radius 3 is 2.39 bits per heavy atom. The zero-order valence-corrected chi connectivity index (χ0v) is 19.5. The van der Waals surface area contributed by atoms with E-state index >= 15 is 0 Å². The first kappa shape index (κ1) is 25.6. The summed E-state index contributed by atoms with van der Waals surface area (Å²) < 4.78 is 5.60. The van der Waals surface area contributed by atoms with E-state index in [1.807, 2.05) is 24.3 Å². The summed E-state index contributed by atoms with van der Waals surface area (Å²) in [6.45, 7) is 4.39. The molecule has 174 valence electrons. The Labute approximate surface area is 197 Å². The SMILES string of the molecule is CCC.CNC(=O)CNC(=O)c1ccc(-c2cccc(CNC(=O)c3cccc(Cl)n3)c2)o1. The number of hydrogen-bond donors (Lipinski definition) is 3. The van der Waals surface area contributed by atoms with E-state index in [2.05, 4.69) is 34.8 Å². The van der Waals surface area contributed by atoms with Crippen LogP contribution in [0.15, 0.2) is 59.0 Å². The molecule has 0 bridgehead atoms. The Hall–Kier alpha value is -3.65. The minimum Gasteiger partial charge on any atom is -0.451 e. The zero-order valence-electron chi connectivity index (χ0n) is 18.8. The van der Waals surface area contributed by atoms with Gasteiger partial charge in [-0.1, -0.05) is 56.1 Å². The number of carbonyl (C=O) groups excluding carboxylic acids is 3. The van der Waals surface area contributed by atoms with Crippen LogP contribution in [0.2, 0.25) is 5.15 Å². The molecule has 33 heavy (non-hydrogen) atoms. The van der Waals surface area contributed by atoms with E-state index in [0.29, 0.717) is 5.76 Å². The molecule has 0 atom stereocenters. The van der Waals surface area contributed by atoms with Crippen LogP contribution in [0.1, 0.15) is 46.9 Å². The van der Waals surface area contributed by atoms with Crippen LogP contribution in [0, 0.1) is 0 Å².